The van der Waals surface area contributed by atoms with Crippen molar-refractivity contribution in [1.29, 1.82) is 0 Å². The quantitative estimate of drug-likeness (QED) is 0.832. The highest BCUT2D eigenvalue weighted by atomic mass is 35.5. The van der Waals surface area contributed by atoms with Crippen molar-refractivity contribution in [3.8, 4) is 0 Å². The molecule has 0 fully saturated rings. The van der Waals surface area contributed by atoms with Crippen LogP contribution in [-0.4, -0.2) is 19.8 Å². The first-order chi connectivity index (χ1) is 7.17. The SMILES string of the molecule is CCC(COC)Nc1ccc(C)c(Cl)c1. The second-order valence-corrected chi connectivity index (χ2v) is 4.08. The Kier molecular flexibility index (Phi) is 4.92. The molecule has 3 heteroatoms. The summed E-state index contributed by atoms with van der Waals surface area (Å²) in [5, 5.41) is 4.19. The number of nitrogens with one attached hydrogen (secondary N) is 1. The largest absolute Gasteiger partial charge is 0.383 e. The maximum Gasteiger partial charge on any atom is 0.0663 e. The fraction of sp³-hybridized carbons (Fsp3) is 0.500. The molecule has 0 radical (unpaired) electrons. The summed E-state index contributed by atoms with van der Waals surface area (Å²) < 4.78 is 5.13. The number of rotatable bonds is 5. The number of aryl methyl sites for hydroxylation is 1. The van der Waals surface area contributed by atoms with Gasteiger partial charge in [0.15, 0.2) is 0 Å². The van der Waals surface area contributed by atoms with Crippen molar-refractivity contribution in [2.24, 2.45) is 0 Å². The molecule has 0 saturated carbocycles. The molecular formula is C12H18ClNO. The van der Waals surface area contributed by atoms with Gasteiger partial charge in [0.05, 0.1) is 6.61 Å². The maximum atomic E-state index is 6.05. The Morgan fingerprint density at radius 3 is 2.73 bits per heavy atom. The number of benzene rings is 1. The lowest BCUT2D eigenvalue weighted by atomic mass is 10.2. The zero-order valence-corrected chi connectivity index (χ0v) is 10.3. The average molecular weight is 228 g/mol. The van der Waals surface area contributed by atoms with Crippen molar-refractivity contribution in [2.75, 3.05) is 19.0 Å². The second-order valence-electron chi connectivity index (χ2n) is 3.67. The van der Waals surface area contributed by atoms with Crippen LogP contribution >= 0.6 is 11.6 Å². The van der Waals surface area contributed by atoms with E-state index in [1.165, 1.54) is 0 Å². The highest BCUT2D eigenvalue weighted by Gasteiger charge is 2.05. The maximum absolute atomic E-state index is 6.05. The van der Waals surface area contributed by atoms with Gasteiger partial charge in [-0.25, -0.2) is 0 Å². The fourth-order valence-corrected chi connectivity index (χ4v) is 1.56. The van der Waals surface area contributed by atoms with Gasteiger partial charge in [-0.1, -0.05) is 24.6 Å². The minimum atomic E-state index is 0.341. The van der Waals surface area contributed by atoms with Gasteiger partial charge in [-0.05, 0) is 31.0 Å². The third-order valence-electron chi connectivity index (χ3n) is 2.40. The van der Waals surface area contributed by atoms with E-state index >= 15 is 0 Å². The molecule has 1 N–H and O–H groups in total. The number of anilines is 1. The van der Waals surface area contributed by atoms with Crippen LogP contribution in [0.2, 0.25) is 5.02 Å². The molecular weight excluding hydrogens is 210 g/mol. The normalized spacial score (nSPS) is 12.5. The minimum Gasteiger partial charge on any atom is -0.383 e. The molecule has 1 unspecified atom stereocenters. The Hall–Kier alpha value is -0.730. The Labute approximate surface area is 96.6 Å². The van der Waals surface area contributed by atoms with Gasteiger partial charge >= 0.3 is 0 Å². The number of ether oxygens (including phenoxy) is 1. The molecule has 0 aliphatic rings. The predicted octanol–water partition coefficient (Wildman–Crippen LogP) is 3.49. The van der Waals surface area contributed by atoms with Crippen molar-refractivity contribution >= 4 is 17.3 Å². The van der Waals surface area contributed by atoms with E-state index in [1.54, 1.807) is 7.11 Å². The summed E-state index contributed by atoms with van der Waals surface area (Å²) in [6, 6.07) is 6.35. The lowest BCUT2D eigenvalue weighted by molar-refractivity contribution is 0.184. The van der Waals surface area contributed by atoms with E-state index in [9.17, 15) is 0 Å². The number of hydrogen-bond acceptors (Lipinski definition) is 2. The molecule has 1 rings (SSSR count). The van der Waals surface area contributed by atoms with E-state index in [0.717, 1.165) is 22.7 Å². The molecule has 0 bridgehead atoms. The lowest BCUT2D eigenvalue weighted by Crippen LogP contribution is -2.23. The molecule has 0 amide bonds. The van der Waals surface area contributed by atoms with E-state index in [-0.39, 0.29) is 0 Å². The molecule has 0 aliphatic carbocycles. The third-order valence-corrected chi connectivity index (χ3v) is 2.81. The molecule has 15 heavy (non-hydrogen) atoms. The van der Waals surface area contributed by atoms with Crippen molar-refractivity contribution in [3.63, 3.8) is 0 Å². The third kappa shape index (κ3) is 3.73. The summed E-state index contributed by atoms with van der Waals surface area (Å²) in [5.74, 6) is 0. The van der Waals surface area contributed by atoms with Crippen molar-refractivity contribution in [3.05, 3.63) is 28.8 Å². The van der Waals surface area contributed by atoms with Crippen LogP contribution < -0.4 is 5.32 Å². The van der Waals surface area contributed by atoms with Gasteiger partial charge in [-0.15, -0.1) is 0 Å². The van der Waals surface area contributed by atoms with Gasteiger partial charge in [0.1, 0.15) is 0 Å². The second kappa shape index (κ2) is 5.99. The molecule has 0 spiro atoms. The van der Waals surface area contributed by atoms with E-state index in [0.29, 0.717) is 12.6 Å². The fourth-order valence-electron chi connectivity index (χ4n) is 1.38. The summed E-state index contributed by atoms with van der Waals surface area (Å²) in [6.45, 7) is 4.84. The Morgan fingerprint density at radius 2 is 2.20 bits per heavy atom. The standard InChI is InChI=1S/C12H18ClNO/c1-4-10(8-15-3)14-11-6-5-9(2)12(13)7-11/h5-7,10,14H,4,8H2,1-3H3. The van der Waals surface area contributed by atoms with Crippen LogP contribution in [0.4, 0.5) is 5.69 Å². The summed E-state index contributed by atoms with van der Waals surface area (Å²) in [7, 11) is 1.71. The first kappa shape index (κ1) is 12.3. The van der Waals surface area contributed by atoms with Crippen molar-refractivity contribution in [1.82, 2.24) is 0 Å². The van der Waals surface area contributed by atoms with Crippen molar-refractivity contribution < 1.29 is 4.74 Å². The highest BCUT2D eigenvalue weighted by molar-refractivity contribution is 6.31. The number of halogens is 1. The van der Waals surface area contributed by atoms with Crippen molar-refractivity contribution in [2.45, 2.75) is 26.3 Å². The topological polar surface area (TPSA) is 21.3 Å². The molecule has 0 saturated heterocycles. The molecule has 1 atom stereocenters. The smallest absolute Gasteiger partial charge is 0.0663 e. The Morgan fingerprint density at radius 1 is 1.47 bits per heavy atom. The van der Waals surface area contributed by atoms with Crippen LogP contribution in [0, 0.1) is 6.92 Å². The summed E-state index contributed by atoms with van der Waals surface area (Å²) in [6.07, 6.45) is 1.03. The van der Waals surface area contributed by atoms with Crippen LogP contribution in [0.5, 0.6) is 0 Å². The Bertz CT molecular complexity index is 314. The van der Waals surface area contributed by atoms with Gasteiger partial charge in [0.25, 0.3) is 0 Å². The number of hydrogen-bond donors (Lipinski definition) is 1. The molecule has 1 aromatic carbocycles. The summed E-state index contributed by atoms with van der Waals surface area (Å²) >= 11 is 6.05. The van der Waals surface area contributed by atoms with Gasteiger partial charge in [0.2, 0.25) is 0 Å². The molecule has 84 valence electrons. The summed E-state index contributed by atoms with van der Waals surface area (Å²) in [4.78, 5) is 0. The van der Waals surface area contributed by atoms with Crippen LogP contribution in [0.1, 0.15) is 18.9 Å². The zero-order chi connectivity index (χ0) is 11.3. The van der Waals surface area contributed by atoms with Gasteiger partial charge in [-0.3, -0.25) is 0 Å². The molecule has 1 aromatic rings. The molecule has 0 aromatic heterocycles. The van der Waals surface area contributed by atoms with Crippen LogP contribution in [0.3, 0.4) is 0 Å². The zero-order valence-electron chi connectivity index (χ0n) is 9.51. The Balaban J connectivity index is 2.66. The van der Waals surface area contributed by atoms with E-state index in [2.05, 4.69) is 12.2 Å². The van der Waals surface area contributed by atoms with Crippen LogP contribution in [0.15, 0.2) is 18.2 Å². The van der Waals surface area contributed by atoms with Crippen LogP contribution in [-0.2, 0) is 4.74 Å². The molecule has 2 nitrogen and oxygen atoms in total. The highest BCUT2D eigenvalue weighted by Crippen LogP contribution is 2.20. The van der Waals surface area contributed by atoms with Gasteiger partial charge in [0, 0.05) is 23.9 Å². The average Bonchev–Trinajstić information content (AvgIpc) is 2.23. The molecule has 0 heterocycles. The number of methoxy groups -OCH3 is 1. The first-order valence-electron chi connectivity index (χ1n) is 5.19. The first-order valence-corrected chi connectivity index (χ1v) is 5.56. The minimum absolute atomic E-state index is 0.341. The summed E-state index contributed by atoms with van der Waals surface area (Å²) in [5.41, 5.74) is 2.15. The monoisotopic (exact) mass is 227 g/mol. The molecule has 0 aliphatic heterocycles. The lowest BCUT2D eigenvalue weighted by Gasteiger charge is -2.17. The van der Waals surface area contributed by atoms with E-state index < -0.39 is 0 Å². The predicted molar refractivity (Wildman–Crippen MR) is 65.8 cm³/mol. The van der Waals surface area contributed by atoms with Crippen LogP contribution in [0.25, 0.3) is 0 Å². The van der Waals surface area contributed by atoms with E-state index in [1.807, 2.05) is 25.1 Å². The van der Waals surface area contributed by atoms with E-state index in [4.69, 9.17) is 16.3 Å². The van der Waals surface area contributed by atoms with Gasteiger partial charge < -0.3 is 10.1 Å². The van der Waals surface area contributed by atoms with Gasteiger partial charge in [-0.2, -0.15) is 0 Å².